The Kier molecular flexibility index (Phi) is 5.77. The normalized spacial score (nSPS) is 46.2. The topological polar surface area (TPSA) is 101 Å². The molecule has 3 fully saturated rings. The summed E-state index contributed by atoms with van der Waals surface area (Å²) in [5.74, 6) is -2.77. The number of hydrogen-bond acceptors (Lipinski definition) is 6. The molecule has 33 heavy (non-hydrogen) atoms. The monoisotopic (exact) mass is 462 g/mol. The van der Waals surface area contributed by atoms with Crippen molar-refractivity contribution in [1.29, 1.82) is 0 Å². The van der Waals surface area contributed by atoms with Crippen LogP contribution in [0.3, 0.4) is 0 Å². The van der Waals surface area contributed by atoms with Crippen molar-refractivity contribution >= 4 is 17.5 Å². The van der Waals surface area contributed by atoms with E-state index in [1.165, 1.54) is 12.2 Å². The zero-order valence-corrected chi connectivity index (χ0v) is 19.9. The van der Waals surface area contributed by atoms with E-state index in [9.17, 15) is 24.6 Å². The van der Waals surface area contributed by atoms with E-state index in [0.29, 0.717) is 31.3 Å². The molecule has 4 aliphatic carbocycles. The number of carbonyl (C=O) groups excluding carboxylic acids is 3. The standard InChI is InChI=1S/C26H35FO6/c1-5-6-22(31)33-21-13-24(4)19(11-15(2)26(24,32)20(30)14-28)18-8-7-16-12-17(29)9-10-23(16,3)25(18,21)27/h9-10,12,15,18-19,21,28,32H,5-8,11,13-14H2,1-4H3. The molecule has 4 rings (SSSR count). The third-order valence-corrected chi connectivity index (χ3v) is 9.49. The number of esters is 1. The molecule has 0 aromatic rings. The number of fused-ring (bicyclic) bond motifs is 5. The van der Waals surface area contributed by atoms with Crippen molar-refractivity contribution in [3.05, 3.63) is 23.8 Å². The highest BCUT2D eigenvalue weighted by atomic mass is 19.1. The number of alkyl halides is 1. The summed E-state index contributed by atoms with van der Waals surface area (Å²) in [6, 6.07) is 0. The first-order valence-electron chi connectivity index (χ1n) is 12.1. The summed E-state index contributed by atoms with van der Waals surface area (Å²) in [5.41, 5.74) is -5.32. The van der Waals surface area contributed by atoms with Gasteiger partial charge in [-0.15, -0.1) is 0 Å². The van der Waals surface area contributed by atoms with Gasteiger partial charge in [-0.1, -0.05) is 32.4 Å². The lowest BCUT2D eigenvalue weighted by atomic mass is 9.44. The van der Waals surface area contributed by atoms with E-state index < -0.39 is 58.4 Å². The maximum absolute atomic E-state index is 17.7. The summed E-state index contributed by atoms with van der Waals surface area (Å²) in [6.45, 7) is 6.35. The summed E-state index contributed by atoms with van der Waals surface area (Å²) in [5, 5.41) is 21.4. The van der Waals surface area contributed by atoms with Gasteiger partial charge in [0.05, 0.1) is 0 Å². The number of carbonyl (C=O) groups is 3. The second-order valence-corrected chi connectivity index (χ2v) is 11.0. The summed E-state index contributed by atoms with van der Waals surface area (Å²) >= 11 is 0. The predicted molar refractivity (Wildman–Crippen MR) is 119 cm³/mol. The molecule has 3 saturated carbocycles. The van der Waals surface area contributed by atoms with E-state index in [-0.39, 0.29) is 24.5 Å². The lowest BCUT2D eigenvalue weighted by molar-refractivity contribution is -0.230. The number of allylic oxidation sites excluding steroid dienone is 4. The summed E-state index contributed by atoms with van der Waals surface area (Å²) < 4.78 is 23.5. The van der Waals surface area contributed by atoms with Crippen LogP contribution >= 0.6 is 0 Å². The number of aliphatic hydroxyl groups excluding tert-OH is 1. The second kappa shape index (κ2) is 7.84. The van der Waals surface area contributed by atoms with Crippen LogP contribution in [0, 0.1) is 28.6 Å². The smallest absolute Gasteiger partial charge is 0.306 e. The molecule has 0 amide bonds. The first-order chi connectivity index (χ1) is 15.4. The highest BCUT2D eigenvalue weighted by Crippen LogP contribution is 2.71. The van der Waals surface area contributed by atoms with Crippen molar-refractivity contribution in [2.24, 2.45) is 28.6 Å². The Hall–Kier alpha value is -1.86. The van der Waals surface area contributed by atoms with E-state index in [1.807, 2.05) is 6.92 Å². The maximum atomic E-state index is 17.7. The quantitative estimate of drug-likeness (QED) is 0.609. The average Bonchev–Trinajstić information content (AvgIpc) is 2.96. The SMILES string of the molecule is CCCC(=O)OC1CC2(C)C(CC(C)C2(O)C(=O)CO)C2CCC3=CC(=O)C=CC3(C)C12F. The zero-order chi connectivity index (χ0) is 24.4. The minimum absolute atomic E-state index is 0.0304. The molecule has 0 aromatic carbocycles. The van der Waals surface area contributed by atoms with Crippen LogP contribution in [0.1, 0.15) is 66.2 Å². The van der Waals surface area contributed by atoms with E-state index in [4.69, 9.17) is 4.74 Å². The fraction of sp³-hybridized carbons (Fsp3) is 0.731. The third kappa shape index (κ3) is 3.00. The van der Waals surface area contributed by atoms with Gasteiger partial charge in [0.15, 0.2) is 17.2 Å². The number of halogens is 1. The van der Waals surface area contributed by atoms with Gasteiger partial charge in [-0.3, -0.25) is 14.4 Å². The third-order valence-electron chi connectivity index (χ3n) is 9.49. The summed E-state index contributed by atoms with van der Waals surface area (Å²) in [6.07, 6.45) is 5.34. The van der Waals surface area contributed by atoms with Crippen molar-refractivity contribution in [1.82, 2.24) is 0 Å². The zero-order valence-electron chi connectivity index (χ0n) is 19.9. The Balaban J connectivity index is 1.87. The molecule has 0 spiro atoms. The van der Waals surface area contributed by atoms with Gasteiger partial charge in [0.2, 0.25) is 0 Å². The van der Waals surface area contributed by atoms with Crippen LogP contribution in [-0.2, 0) is 19.1 Å². The largest absolute Gasteiger partial charge is 0.459 e. The van der Waals surface area contributed by atoms with Gasteiger partial charge in [0.1, 0.15) is 18.3 Å². The van der Waals surface area contributed by atoms with Crippen molar-refractivity contribution in [2.45, 2.75) is 83.6 Å². The molecule has 182 valence electrons. The van der Waals surface area contributed by atoms with Gasteiger partial charge in [0.25, 0.3) is 0 Å². The molecule has 0 saturated heterocycles. The van der Waals surface area contributed by atoms with Crippen LogP contribution in [0.5, 0.6) is 0 Å². The van der Waals surface area contributed by atoms with Crippen LogP contribution in [0.4, 0.5) is 4.39 Å². The lowest BCUT2D eigenvalue weighted by Gasteiger charge is -2.63. The first kappa shape index (κ1) is 24.3. The number of ether oxygens (including phenoxy) is 1. The van der Waals surface area contributed by atoms with Crippen molar-refractivity contribution in [3.8, 4) is 0 Å². The molecule has 0 heterocycles. The van der Waals surface area contributed by atoms with Crippen LogP contribution in [0.25, 0.3) is 0 Å². The Morgan fingerprint density at radius 2 is 1.97 bits per heavy atom. The van der Waals surface area contributed by atoms with E-state index in [2.05, 4.69) is 0 Å². The lowest BCUT2D eigenvalue weighted by Crippen LogP contribution is -2.70. The van der Waals surface area contributed by atoms with Crippen molar-refractivity contribution in [3.63, 3.8) is 0 Å². The van der Waals surface area contributed by atoms with Gasteiger partial charge >= 0.3 is 5.97 Å². The Labute approximate surface area is 194 Å². The fourth-order valence-electron chi connectivity index (χ4n) is 7.77. The Morgan fingerprint density at radius 1 is 1.27 bits per heavy atom. The first-order valence-corrected chi connectivity index (χ1v) is 12.1. The molecule has 0 bridgehead atoms. The number of Topliss-reactive ketones (excluding diaryl/α,β-unsaturated/α-hetero) is 1. The molecule has 0 radical (unpaired) electrons. The van der Waals surface area contributed by atoms with Crippen LogP contribution in [-0.4, -0.2) is 51.7 Å². The number of aliphatic hydroxyl groups is 2. The number of ketones is 2. The summed E-state index contributed by atoms with van der Waals surface area (Å²) in [7, 11) is 0. The Morgan fingerprint density at radius 3 is 2.61 bits per heavy atom. The molecular weight excluding hydrogens is 427 g/mol. The average molecular weight is 463 g/mol. The van der Waals surface area contributed by atoms with Crippen LogP contribution in [0.15, 0.2) is 23.8 Å². The molecule has 4 aliphatic rings. The predicted octanol–water partition coefficient (Wildman–Crippen LogP) is 3.25. The maximum Gasteiger partial charge on any atom is 0.306 e. The molecule has 8 atom stereocenters. The van der Waals surface area contributed by atoms with E-state index >= 15 is 4.39 Å². The highest BCUT2D eigenvalue weighted by Gasteiger charge is 2.76. The molecule has 0 aromatic heterocycles. The van der Waals surface area contributed by atoms with Gasteiger partial charge in [-0.25, -0.2) is 4.39 Å². The number of rotatable bonds is 5. The van der Waals surface area contributed by atoms with Crippen molar-refractivity contribution in [2.75, 3.05) is 6.61 Å². The van der Waals surface area contributed by atoms with Crippen LogP contribution < -0.4 is 0 Å². The number of hydrogen-bond donors (Lipinski definition) is 2. The molecular formula is C26H35FO6. The minimum atomic E-state index is -1.99. The Bertz CT molecular complexity index is 941. The van der Waals surface area contributed by atoms with Gasteiger partial charge in [0, 0.05) is 23.2 Å². The second-order valence-electron chi connectivity index (χ2n) is 11.0. The molecule has 2 N–H and O–H groups in total. The van der Waals surface area contributed by atoms with E-state index in [1.54, 1.807) is 26.8 Å². The van der Waals surface area contributed by atoms with Gasteiger partial charge in [-0.05, 0) is 63.0 Å². The molecule has 6 nitrogen and oxygen atoms in total. The highest BCUT2D eigenvalue weighted by molar-refractivity contribution is 6.01. The molecule has 7 heteroatoms. The fourth-order valence-corrected chi connectivity index (χ4v) is 7.77. The van der Waals surface area contributed by atoms with Crippen LogP contribution in [0.2, 0.25) is 0 Å². The van der Waals surface area contributed by atoms with Crippen molar-refractivity contribution < 1.29 is 33.7 Å². The van der Waals surface area contributed by atoms with Gasteiger partial charge in [-0.2, -0.15) is 0 Å². The molecule has 0 aliphatic heterocycles. The van der Waals surface area contributed by atoms with Gasteiger partial charge < -0.3 is 14.9 Å². The van der Waals surface area contributed by atoms with E-state index in [0.717, 1.165) is 0 Å². The summed E-state index contributed by atoms with van der Waals surface area (Å²) in [4.78, 5) is 37.5. The minimum Gasteiger partial charge on any atom is -0.459 e. The molecule has 8 unspecified atom stereocenters.